The van der Waals surface area contributed by atoms with E-state index in [4.69, 9.17) is 0 Å². The zero-order valence-electron chi connectivity index (χ0n) is 17.0. The summed E-state index contributed by atoms with van der Waals surface area (Å²) in [5.41, 5.74) is 4.89. The van der Waals surface area contributed by atoms with Crippen LogP contribution in [0.2, 0.25) is 0 Å². The van der Waals surface area contributed by atoms with Gasteiger partial charge < -0.3 is 9.88 Å². The molecule has 5 rings (SSSR count). The number of hydrogen-bond acceptors (Lipinski definition) is 3. The standard InChI is InChI=1S/C24H33N3O/c28-24-21-7-3-2-6-20(21)22-16-18(8-9-23(22)25-24)17-26-14-10-19(11-15-26)27-12-4-1-5-13-27/h8-9,16,19H,1-7,10-15,17H2,(H,25,28). The number of rotatable bonds is 3. The van der Waals surface area contributed by atoms with Crippen molar-refractivity contribution in [3.8, 4) is 0 Å². The van der Waals surface area contributed by atoms with Gasteiger partial charge in [-0.25, -0.2) is 0 Å². The van der Waals surface area contributed by atoms with Crippen LogP contribution in [0.25, 0.3) is 10.9 Å². The average Bonchev–Trinajstić information content (AvgIpc) is 2.76. The molecule has 0 radical (unpaired) electrons. The number of fused-ring (bicyclic) bond motifs is 3. The Balaban J connectivity index is 1.29. The molecule has 3 aliphatic rings. The third kappa shape index (κ3) is 3.65. The van der Waals surface area contributed by atoms with E-state index in [-0.39, 0.29) is 5.56 Å². The first kappa shape index (κ1) is 18.4. The summed E-state index contributed by atoms with van der Waals surface area (Å²) < 4.78 is 0. The van der Waals surface area contributed by atoms with Crippen LogP contribution in [-0.4, -0.2) is 47.0 Å². The lowest BCUT2D eigenvalue weighted by molar-refractivity contribution is 0.0897. The Hall–Kier alpha value is -1.65. The maximum atomic E-state index is 12.4. The summed E-state index contributed by atoms with van der Waals surface area (Å²) >= 11 is 0. The molecule has 2 aliphatic heterocycles. The molecule has 1 aromatic heterocycles. The van der Waals surface area contributed by atoms with Crippen molar-refractivity contribution < 1.29 is 0 Å². The van der Waals surface area contributed by atoms with Gasteiger partial charge in [-0.3, -0.25) is 9.69 Å². The number of benzene rings is 1. The van der Waals surface area contributed by atoms with E-state index in [9.17, 15) is 4.79 Å². The molecule has 2 fully saturated rings. The zero-order valence-corrected chi connectivity index (χ0v) is 17.0. The second kappa shape index (κ2) is 8.00. The van der Waals surface area contributed by atoms with Gasteiger partial charge in [-0.05, 0) is 101 Å². The van der Waals surface area contributed by atoms with Gasteiger partial charge in [-0.15, -0.1) is 0 Å². The molecular weight excluding hydrogens is 346 g/mol. The van der Waals surface area contributed by atoms with Crippen molar-refractivity contribution in [1.82, 2.24) is 14.8 Å². The van der Waals surface area contributed by atoms with Gasteiger partial charge in [0.1, 0.15) is 0 Å². The van der Waals surface area contributed by atoms with Crippen LogP contribution in [-0.2, 0) is 19.4 Å². The third-order valence-electron chi connectivity index (χ3n) is 7.27. The summed E-state index contributed by atoms with van der Waals surface area (Å²) in [7, 11) is 0. The van der Waals surface area contributed by atoms with E-state index in [2.05, 4.69) is 33.0 Å². The highest BCUT2D eigenvalue weighted by molar-refractivity contribution is 5.84. The predicted octanol–water partition coefficient (Wildman–Crippen LogP) is 3.86. The van der Waals surface area contributed by atoms with Crippen LogP contribution in [0.1, 0.15) is 61.6 Å². The first-order valence-electron chi connectivity index (χ1n) is 11.4. The molecule has 0 spiro atoms. The first-order chi connectivity index (χ1) is 13.8. The van der Waals surface area contributed by atoms with Crippen LogP contribution in [0.4, 0.5) is 0 Å². The minimum atomic E-state index is 0.134. The number of pyridine rings is 1. The molecule has 1 aromatic carbocycles. The molecule has 28 heavy (non-hydrogen) atoms. The molecular formula is C24H33N3O. The number of aryl methyl sites for hydroxylation is 1. The fraction of sp³-hybridized carbons (Fsp3) is 0.625. The molecule has 0 atom stereocenters. The van der Waals surface area contributed by atoms with Gasteiger partial charge in [-0.2, -0.15) is 0 Å². The number of aromatic amines is 1. The Labute approximate surface area is 167 Å². The summed E-state index contributed by atoms with van der Waals surface area (Å²) in [5.74, 6) is 0. The van der Waals surface area contributed by atoms with Crippen LogP contribution in [0.5, 0.6) is 0 Å². The molecule has 0 unspecified atom stereocenters. The molecule has 3 heterocycles. The van der Waals surface area contributed by atoms with Crippen molar-refractivity contribution in [3.63, 3.8) is 0 Å². The molecule has 0 amide bonds. The van der Waals surface area contributed by atoms with Crippen molar-refractivity contribution in [2.45, 2.75) is 70.4 Å². The largest absolute Gasteiger partial charge is 0.322 e. The third-order valence-corrected chi connectivity index (χ3v) is 7.27. The molecule has 1 N–H and O–H groups in total. The van der Waals surface area contributed by atoms with E-state index >= 15 is 0 Å². The SMILES string of the molecule is O=c1[nH]c2ccc(CN3CCC(N4CCCCC4)CC3)cc2c2c1CCCC2. The maximum Gasteiger partial charge on any atom is 0.251 e. The van der Waals surface area contributed by atoms with E-state index in [0.717, 1.165) is 42.9 Å². The Morgan fingerprint density at radius 2 is 1.64 bits per heavy atom. The highest BCUT2D eigenvalue weighted by Crippen LogP contribution is 2.27. The lowest BCUT2D eigenvalue weighted by atomic mass is 9.89. The smallest absolute Gasteiger partial charge is 0.251 e. The normalized spacial score (nSPS) is 22.4. The molecule has 4 heteroatoms. The Kier molecular flexibility index (Phi) is 5.25. The number of H-pyrrole nitrogens is 1. The number of aromatic nitrogens is 1. The molecule has 2 aromatic rings. The highest BCUT2D eigenvalue weighted by Gasteiger charge is 2.25. The van der Waals surface area contributed by atoms with Crippen LogP contribution in [0, 0.1) is 0 Å². The molecule has 0 saturated carbocycles. The van der Waals surface area contributed by atoms with E-state index in [1.807, 2.05) is 0 Å². The summed E-state index contributed by atoms with van der Waals surface area (Å²) in [4.78, 5) is 20.9. The van der Waals surface area contributed by atoms with Crippen LogP contribution < -0.4 is 5.56 Å². The van der Waals surface area contributed by atoms with Gasteiger partial charge in [0.15, 0.2) is 0 Å². The van der Waals surface area contributed by atoms with Crippen molar-refractivity contribution in [2.24, 2.45) is 0 Å². The lowest BCUT2D eigenvalue weighted by Gasteiger charge is -2.40. The van der Waals surface area contributed by atoms with Crippen LogP contribution in [0.3, 0.4) is 0 Å². The Bertz CT molecular complexity index is 889. The Morgan fingerprint density at radius 1 is 0.893 bits per heavy atom. The number of hydrogen-bond donors (Lipinski definition) is 1. The van der Waals surface area contributed by atoms with Crippen molar-refractivity contribution in [3.05, 3.63) is 45.2 Å². The molecule has 0 bridgehead atoms. The topological polar surface area (TPSA) is 39.3 Å². The van der Waals surface area contributed by atoms with E-state index in [1.54, 1.807) is 0 Å². The second-order valence-electron chi connectivity index (χ2n) is 9.10. The average molecular weight is 380 g/mol. The van der Waals surface area contributed by atoms with Gasteiger partial charge in [-0.1, -0.05) is 12.5 Å². The van der Waals surface area contributed by atoms with Crippen LogP contribution in [0.15, 0.2) is 23.0 Å². The summed E-state index contributed by atoms with van der Waals surface area (Å²) in [5, 5.41) is 1.29. The van der Waals surface area contributed by atoms with Gasteiger partial charge >= 0.3 is 0 Å². The van der Waals surface area contributed by atoms with Crippen molar-refractivity contribution >= 4 is 10.9 Å². The summed E-state index contributed by atoms with van der Waals surface area (Å²) in [6, 6.07) is 7.50. The first-order valence-corrected chi connectivity index (χ1v) is 11.4. The predicted molar refractivity (Wildman–Crippen MR) is 115 cm³/mol. The van der Waals surface area contributed by atoms with Crippen molar-refractivity contribution in [2.75, 3.05) is 26.2 Å². The number of nitrogens with zero attached hydrogens (tertiary/aromatic N) is 2. The van der Waals surface area contributed by atoms with E-state index in [0.29, 0.717) is 0 Å². The lowest BCUT2D eigenvalue weighted by Crippen LogP contribution is -2.46. The quantitative estimate of drug-likeness (QED) is 0.880. The number of nitrogens with one attached hydrogen (secondary N) is 1. The fourth-order valence-corrected chi connectivity index (χ4v) is 5.68. The zero-order chi connectivity index (χ0) is 18.9. The summed E-state index contributed by atoms with van der Waals surface area (Å²) in [6.07, 6.45) is 11.2. The fourth-order valence-electron chi connectivity index (χ4n) is 5.68. The molecule has 1 aliphatic carbocycles. The minimum absolute atomic E-state index is 0.134. The number of likely N-dealkylation sites (tertiary alicyclic amines) is 2. The second-order valence-corrected chi connectivity index (χ2v) is 9.10. The minimum Gasteiger partial charge on any atom is -0.322 e. The summed E-state index contributed by atoms with van der Waals surface area (Å²) in [6.45, 7) is 6.10. The van der Waals surface area contributed by atoms with Gasteiger partial charge in [0.25, 0.3) is 5.56 Å². The molecule has 4 nitrogen and oxygen atoms in total. The van der Waals surface area contributed by atoms with E-state index in [1.165, 1.54) is 81.2 Å². The maximum absolute atomic E-state index is 12.4. The monoisotopic (exact) mass is 379 g/mol. The number of piperidine rings is 2. The van der Waals surface area contributed by atoms with Gasteiger partial charge in [0.05, 0.1) is 0 Å². The highest BCUT2D eigenvalue weighted by atomic mass is 16.1. The van der Waals surface area contributed by atoms with Crippen molar-refractivity contribution in [1.29, 1.82) is 0 Å². The van der Waals surface area contributed by atoms with Gasteiger partial charge in [0, 0.05) is 29.1 Å². The molecule has 2 saturated heterocycles. The van der Waals surface area contributed by atoms with Gasteiger partial charge in [0.2, 0.25) is 0 Å². The van der Waals surface area contributed by atoms with E-state index < -0.39 is 0 Å². The van der Waals surface area contributed by atoms with Crippen LogP contribution >= 0.6 is 0 Å². The molecule has 150 valence electrons. The Morgan fingerprint density at radius 3 is 2.43 bits per heavy atom.